The Morgan fingerprint density at radius 3 is 2.72 bits per heavy atom. The quantitative estimate of drug-likeness (QED) is 0.688. The molecule has 100 valence electrons. The predicted octanol–water partition coefficient (Wildman–Crippen LogP) is 0.946. The van der Waals surface area contributed by atoms with Crippen LogP contribution in [0.3, 0.4) is 0 Å². The first-order valence-electron chi connectivity index (χ1n) is 5.63. The fourth-order valence-electron chi connectivity index (χ4n) is 1.71. The van der Waals surface area contributed by atoms with Crippen LogP contribution in [0.5, 0.6) is 0 Å². The Kier molecular flexibility index (Phi) is 5.97. The minimum atomic E-state index is -0.984. The number of ketones is 1. The summed E-state index contributed by atoms with van der Waals surface area (Å²) in [5.41, 5.74) is 0. The van der Waals surface area contributed by atoms with E-state index in [0.717, 1.165) is 0 Å². The van der Waals surface area contributed by atoms with E-state index in [2.05, 4.69) is 0 Å². The van der Waals surface area contributed by atoms with Crippen molar-refractivity contribution in [3.63, 3.8) is 0 Å². The fraction of sp³-hybridized carbons (Fsp3) is 0.500. The lowest BCUT2D eigenvalue weighted by molar-refractivity contribution is -0.137. The van der Waals surface area contributed by atoms with Gasteiger partial charge in [-0.25, -0.2) is 0 Å². The average molecular weight is 271 g/mol. The zero-order chi connectivity index (χ0) is 13.5. The highest BCUT2D eigenvalue weighted by atomic mass is 32.1. The van der Waals surface area contributed by atoms with Gasteiger partial charge in [0.2, 0.25) is 0 Å². The van der Waals surface area contributed by atoms with E-state index in [9.17, 15) is 9.59 Å². The van der Waals surface area contributed by atoms with Gasteiger partial charge in [0, 0.05) is 19.0 Å². The molecule has 1 aromatic rings. The van der Waals surface area contributed by atoms with Crippen molar-refractivity contribution in [1.29, 1.82) is 0 Å². The number of carbonyl (C=O) groups excluding carboxylic acids is 1. The molecule has 1 atom stereocenters. The van der Waals surface area contributed by atoms with E-state index in [1.165, 1.54) is 11.3 Å². The van der Waals surface area contributed by atoms with Crippen LogP contribution < -0.4 is 0 Å². The number of thiophene rings is 1. The number of hydrogen-bond donors (Lipinski definition) is 2. The number of carbonyl (C=O) groups is 2. The number of likely N-dealkylation sites (N-methyl/N-ethyl adjacent to an activating group) is 1. The van der Waals surface area contributed by atoms with Crippen LogP contribution in [-0.4, -0.2) is 53.6 Å². The molecule has 0 saturated carbocycles. The normalized spacial score (nSPS) is 12.6. The summed E-state index contributed by atoms with van der Waals surface area (Å²) in [6.07, 6.45) is -0.188. The molecule has 0 saturated heterocycles. The molecular formula is C12H17NO4S. The summed E-state index contributed by atoms with van der Waals surface area (Å²) in [5, 5.41) is 19.5. The molecule has 5 nitrogen and oxygen atoms in total. The Morgan fingerprint density at radius 2 is 2.22 bits per heavy atom. The Bertz CT molecular complexity index is 391. The first-order valence-corrected chi connectivity index (χ1v) is 6.51. The van der Waals surface area contributed by atoms with Crippen LogP contribution in [0.25, 0.3) is 0 Å². The smallest absolute Gasteiger partial charge is 0.304 e. The Hall–Kier alpha value is -1.24. The fourth-order valence-corrected chi connectivity index (χ4v) is 2.45. The Labute approximate surface area is 110 Å². The summed E-state index contributed by atoms with van der Waals surface area (Å²) in [5.74, 6) is -1.70. The van der Waals surface area contributed by atoms with E-state index in [-0.39, 0.29) is 18.8 Å². The minimum Gasteiger partial charge on any atom is -0.481 e. The molecule has 0 aliphatic carbocycles. The van der Waals surface area contributed by atoms with Gasteiger partial charge in [-0.2, -0.15) is 0 Å². The predicted molar refractivity (Wildman–Crippen MR) is 69.0 cm³/mol. The second-order valence-electron chi connectivity index (χ2n) is 4.12. The van der Waals surface area contributed by atoms with Crippen LogP contribution in [0.1, 0.15) is 16.1 Å². The largest absolute Gasteiger partial charge is 0.481 e. The van der Waals surface area contributed by atoms with Crippen LogP contribution >= 0.6 is 11.3 Å². The number of carboxylic acids is 1. The standard InChI is InChI=1S/C12H17NO4S/c1-13(4-5-14)8-9(7-11(15)16)12(17)10-3-2-6-18-10/h2-3,6,9,14H,4-5,7-8H2,1H3,(H,15,16). The number of aliphatic hydroxyl groups is 1. The van der Waals surface area contributed by atoms with Gasteiger partial charge in [0.15, 0.2) is 5.78 Å². The highest BCUT2D eigenvalue weighted by Gasteiger charge is 2.24. The van der Waals surface area contributed by atoms with E-state index in [1.807, 2.05) is 0 Å². The number of Topliss-reactive ketones (excluding diaryl/α,β-unsaturated/α-hetero) is 1. The van der Waals surface area contributed by atoms with E-state index in [0.29, 0.717) is 18.0 Å². The maximum absolute atomic E-state index is 12.1. The summed E-state index contributed by atoms with van der Waals surface area (Å²) in [6, 6.07) is 3.47. The number of rotatable bonds is 8. The molecular weight excluding hydrogens is 254 g/mol. The van der Waals surface area contributed by atoms with Gasteiger partial charge in [-0.1, -0.05) is 6.07 Å². The Morgan fingerprint density at radius 1 is 1.50 bits per heavy atom. The van der Waals surface area contributed by atoms with E-state index in [4.69, 9.17) is 10.2 Å². The van der Waals surface area contributed by atoms with Crippen molar-refractivity contribution in [3.05, 3.63) is 22.4 Å². The van der Waals surface area contributed by atoms with Crippen LogP contribution in [0, 0.1) is 5.92 Å². The second-order valence-corrected chi connectivity index (χ2v) is 5.07. The van der Waals surface area contributed by atoms with Crippen molar-refractivity contribution in [2.45, 2.75) is 6.42 Å². The van der Waals surface area contributed by atoms with Crippen molar-refractivity contribution < 1.29 is 19.8 Å². The number of hydrogen-bond acceptors (Lipinski definition) is 5. The maximum Gasteiger partial charge on any atom is 0.304 e. The third-order valence-electron chi connectivity index (χ3n) is 2.57. The molecule has 0 fully saturated rings. The zero-order valence-electron chi connectivity index (χ0n) is 10.2. The highest BCUT2D eigenvalue weighted by Crippen LogP contribution is 2.18. The maximum atomic E-state index is 12.1. The number of aliphatic hydroxyl groups excluding tert-OH is 1. The van der Waals surface area contributed by atoms with Gasteiger partial charge in [-0.05, 0) is 18.5 Å². The number of carboxylic acid groups (broad SMARTS) is 1. The van der Waals surface area contributed by atoms with Crippen LogP contribution in [0.15, 0.2) is 17.5 Å². The van der Waals surface area contributed by atoms with Crippen LogP contribution in [0.4, 0.5) is 0 Å². The van der Waals surface area contributed by atoms with Gasteiger partial charge >= 0.3 is 5.97 Å². The summed E-state index contributed by atoms with van der Waals surface area (Å²) in [4.78, 5) is 25.3. The van der Waals surface area contributed by atoms with Gasteiger partial charge in [0.05, 0.1) is 17.9 Å². The van der Waals surface area contributed by atoms with Crippen molar-refractivity contribution in [3.8, 4) is 0 Å². The molecule has 1 aromatic heterocycles. The summed E-state index contributed by atoms with van der Waals surface area (Å²) >= 11 is 1.32. The van der Waals surface area contributed by atoms with Crippen molar-refractivity contribution in [1.82, 2.24) is 4.90 Å². The van der Waals surface area contributed by atoms with Gasteiger partial charge in [0.25, 0.3) is 0 Å². The summed E-state index contributed by atoms with van der Waals surface area (Å²) in [7, 11) is 1.76. The average Bonchev–Trinajstić information content (AvgIpc) is 2.80. The molecule has 2 N–H and O–H groups in total. The lowest BCUT2D eigenvalue weighted by atomic mass is 9.98. The van der Waals surface area contributed by atoms with Gasteiger partial charge in [-0.3, -0.25) is 9.59 Å². The molecule has 0 aromatic carbocycles. The molecule has 1 heterocycles. The van der Waals surface area contributed by atoms with Crippen molar-refractivity contribution >= 4 is 23.1 Å². The van der Waals surface area contributed by atoms with Crippen LogP contribution in [0.2, 0.25) is 0 Å². The van der Waals surface area contributed by atoms with Crippen LogP contribution in [-0.2, 0) is 4.79 Å². The molecule has 0 bridgehead atoms. The van der Waals surface area contributed by atoms with E-state index >= 15 is 0 Å². The molecule has 1 unspecified atom stereocenters. The first kappa shape index (κ1) is 14.8. The summed E-state index contributed by atoms with van der Waals surface area (Å²) < 4.78 is 0. The third-order valence-corrected chi connectivity index (χ3v) is 3.45. The molecule has 1 rings (SSSR count). The van der Waals surface area contributed by atoms with Crippen molar-refractivity contribution in [2.75, 3.05) is 26.7 Å². The number of nitrogens with zero attached hydrogens (tertiary/aromatic N) is 1. The third kappa shape index (κ3) is 4.56. The van der Waals surface area contributed by atoms with Gasteiger partial charge < -0.3 is 15.1 Å². The molecule has 0 spiro atoms. The monoisotopic (exact) mass is 271 g/mol. The lowest BCUT2D eigenvalue weighted by Gasteiger charge is -2.20. The van der Waals surface area contributed by atoms with Gasteiger partial charge in [-0.15, -0.1) is 11.3 Å². The molecule has 0 aliphatic rings. The van der Waals surface area contributed by atoms with E-state index < -0.39 is 11.9 Å². The SMILES string of the molecule is CN(CCO)CC(CC(=O)O)C(=O)c1cccs1. The summed E-state index contributed by atoms with van der Waals surface area (Å²) in [6.45, 7) is 0.751. The lowest BCUT2D eigenvalue weighted by Crippen LogP contribution is -2.33. The van der Waals surface area contributed by atoms with E-state index in [1.54, 1.807) is 29.5 Å². The molecule has 18 heavy (non-hydrogen) atoms. The molecule has 6 heteroatoms. The van der Waals surface area contributed by atoms with Crippen molar-refractivity contribution in [2.24, 2.45) is 5.92 Å². The highest BCUT2D eigenvalue weighted by molar-refractivity contribution is 7.12. The minimum absolute atomic E-state index is 0.0104. The second kappa shape index (κ2) is 7.25. The Balaban J connectivity index is 2.71. The van der Waals surface area contributed by atoms with Gasteiger partial charge in [0.1, 0.15) is 0 Å². The molecule has 0 aliphatic heterocycles. The molecule has 0 amide bonds. The number of aliphatic carboxylic acids is 1. The first-order chi connectivity index (χ1) is 8.54. The topological polar surface area (TPSA) is 77.8 Å². The molecule has 0 radical (unpaired) electrons. The zero-order valence-corrected chi connectivity index (χ0v) is 11.0.